The van der Waals surface area contributed by atoms with Crippen LogP contribution in [0.1, 0.15) is 24.1 Å². The molecule has 1 atom stereocenters. The van der Waals surface area contributed by atoms with Crippen molar-refractivity contribution >= 4 is 5.69 Å². The highest BCUT2D eigenvalue weighted by Gasteiger charge is 2.05. The van der Waals surface area contributed by atoms with Gasteiger partial charge in [0.1, 0.15) is 5.82 Å². The molecule has 0 aliphatic rings. The van der Waals surface area contributed by atoms with Gasteiger partial charge in [0.25, 0.3) is 0 Å². The summed E-state index contributed by atoms with van der Waals surface area (Å²) in [6.07, 6.45) is 0. The van der Waals surface area contributed by atoms with Gasteiger partial charge in [0, 0.05) is 32.4 Å². The highest BCUT2D eigenvalue weighted by molar-refractivity contribution is 5.46. The highest BCUT2D eigenvalue weighted by atomic mass is 19.1. The molecule has 2 aromatic rings. The van der Waals surface area contributed by atoms with E-state index in [0.717, 1.165) is 5.56 Å². The first-order valence-electron chi connectivity index (χ1n) is 6.81. The van der Waals surface area contributed by atoms with Gasteiger partial charge in [-0.2, -0.15) is 0 Å². The summed E-state index contributed by atoms with van der Waals surface area (Å²) in [6.45, 7) is 2.78. The van der Waals surface area contributed by atoms with Crippen LogP contribution in [0.2, 0.25) is 0 Å². The average molecular weight is 272 g/mol. The number of rotatable bonds is 5. The molecule has 0 aromatic heterocycles. The number of hydrogen-bond acceptors (Lipinski definition) is 2. The van der Waals surface area contributed by atoms with E-state index in [4.69, 9.17) is 0 Å². The minimum atomic E-state index is -0.188. The molecule has 0 spiro atoms. The minimum absolute atomic E-state index is 0.188. The maximum atomic E-state index is 13.1. The fourth-order valence-electron chi connectivity index (χ4n) is 2.10. The molecular formula is C17H21FN2. The summed E-state index contributed by atoms with van der Waals surface area (Å²) in [5.41, 5.74) is 3.37. The summed E-state index contributed by atoms with van der Waals surface area (Å²) in [7, 11) is 4.06. The number of benzene rings is 2. The Morgan fingerprint density at radius 3 is 2.40 bits per heavy atom. The van der Waals surface area contributed by atoms with Gasteiger partial charge in [-0.3, -0.25) is 0 Å². The fourth-order valence-corrected chi connectivity index (χ4v) is 2.10. The van der Waals surface area contributed by atoms with E-state index in [1.807, 2.05) is 20.2 Å². The van der Waals surface area contributed by atoms with Gasteiger partial charge in [-0.25, -0.2) is 4.39 Å². The number of nitrogens with one attached hydrogen (secondary N) is 1. The molecule has 0 saturated carbocycles. The molecule has 106 valence electrons. The lowest BCUT2D eigenvalue weighted by Gasteiger charge is -2.17. The van der Waals surface area contributed by atoms with Crippen molar-refractivity contribution < 1.29 is 4.39 Å². The van der Waals surface area contributed by atoms with Gasteiger partial charge >= 0.3 is 0 Å². The molecule has 0 bridgehead atoms. The van der Waals surface area contributed by atoms with Crippen LogP contribution >= 0.6 is 0 Å². The summed E-state index contributed by atoms with van der Waals surface area (Å²) in [6, 6.07) is 15.4. The zero-order valence-electron chi connectivity index (χ0n) is 12.2. The zero-order chi connectivity index (χ0) is 14.5. The normalized spacial score (nSPS) is 12.2. The van der Waals surface area contributed by atoms with Crippen LogP contribution in [-0.4, -0.2) is 14.1 Å². The minimum Gasteiger partial charge on any atom is -0.378 e. The molecule has 1 N–H and O–H groups in total. The summed E-state index contributed by atoms with van der Waals surface area (Å²) < 4.78 is 13.1. The third kappa shape index (κ3) is 3.81. The molecule has 2 rings (SSSR count). The van der Waals surface area contributed by atoms with E-state index in [2.05, 4.69) is 41.4 Å². The monoisotopic (exact) mass is 272 g/mol. The average Bonchev–Trinajstić information content (AvgIpc) is 2.45. The summed E-state index contributed by atoms with van der Waals surface area (Å²) in [4.78, 5) is 2.08. The van der Waals surface area contributed by atoms with E-state index in [0.29, 0.717) is 6.54 Å². The predicted molar refractivity (Wildman–Crippen MR) is 82.4 cm³/mol. The Kier molecular flexibility index (Phi) is 4.74. The Morgan fingerprint density at radius 1 is 1.10 bits per heavy atom. The van der Waals surface area contributed by atoms with Crippen molar-refractivity contribution in [3.05, 3.63) is 65.5 Å². The first-order valence-corrected chi connectivity index (χ1v) is 6.81. The topological polar surface area (TPSA) is 15.3 Å². The van der Waals surface area contributed by atoms with Crippen LogP contribution in [0.15, 0.2) is 48.5 Å². The van der Waals surface area contributed by atoms with Crippen LogP contribution in [0.5, 0.6) is 0 Å². The molecular weight excluding hydrogens is 251 g/mol. The van der Waals surface area contributed by atoms with Crippen molar-refractivity contribution in [1.29, 1.82) is 0 Å². The van der Waals surface area contributed by atoms with Crippen LogP contribution in [-0.2, 0) is 6.54 Å². The van der Waals surface area contributed by atoms with E-state index >= 15 is 0 Å². The molecule has 0 fully saturated rings. The van der Waals surface area contributed by atoms with Gasteiger partial charge in [-0.05, 0) is 42.3 Å². The van der Waals surface area contributed by atoms with Gasteiger partial charge in [-0.1, -0.05) is 24.3 Å². The zero-order valence-corrected chi connectivity index (χ0v) is 12.2. The summed E-state index contributed by atoms with van der Waals surface area (Å²) in [5, 5.41) is 3.41. The molecule has 0 heterocycles. The van der Waals surface area contributed by atoms with E-state index in [9.17, 15) is 4.39 Å². The number of halogens is 1. The second kappa shape index (κ2) is 6.53. The van der Waals surface area contributed by atoms with Gasteiger partial charge < -0.3 is 10.2 Å². The summed E-state index contributed by atoms with van der Waals surface area (Å²) in [5.74, 6) is -0.188. The first-order chi connectivity index (χ1) is 9.56. The second-order valence-corrected chi connectivity index (χ2v) is 5.22. The molecule has 0 aliphatic heterocycles. The van der Waals surface area contributed by atoms with Crippen molar-refractivity contribution in [2.45, 2.75) is 19.5 Å². The van der Waals surface area contributed by atoms with Crippen molar-refractivity contribution in [2.24, 2.45) is 0 Å². The third-order valence-electron chi connectivity index (χ3n) is 3.41. The Labute approximate surface area is 120 Å². The number of anilines is 1. The molecule has 0 saturated heterocycles. The molecule has 2 aromatic carbocycles. The van der Waals surface area contributed by atoms with Crippen molar-refractivity contribution in [3.63, 3.8) is 0 Å². The standard InChI is InChI=1S/C17H21FN2/c1-13(15-7-9-17(10-8-15)20(2)3)19-12-14-5-4-6-16(18)11-14/h4-11,13,19H,12H2,1-3H3. The largest absolute Gasteiger partial charge is 0.378 e. The predicted octanol–water partition coefficient (Wildman–Crippen LogP) is 3.74. The molecule has 0 amide bonds. The maximum Gasteiger partial charge on any atom is 0.123 e. The SMILES string of the molecule is CC(NCc1cccc(F)c1)c1ccc(N(C)C)cc1. The Balaban J connectivity index is 1.96. The van der Waals surface area contributed by atoms with E-state index < -0.39 is 0 Å². The molecule has 20 heavy (non-hydrogen) atoms. The van der Waals surface area contributed by atoms with Crippen LogP contribution in [0.4, 0.5) is 10.1 Å². The van der Waals surface area contributed by atoms with Crippen LogP contribution in [0, 0.1) is 5.82 Å². The fraction of sp³-hybridized carbons (Fsp3) is 0.294. The van der Waals surface area contributed by atoms with Crippen molar-refractivity contribution in [3.8, 4) is 0 Å². The lowest BCUT2D eigenvalue weighted by Crippen LogP contribution is -2.18. The lowest BCUT2D eigenvalue weighted by atomic mass is 10.1. The maximum absolute atomic E-state index is 13.1. The molecule has 0 radical (unpaired) electrons. The number of nitrogens with zero attached hydrogens (tertiary/aromatic N) is 1. The van der Waals surface area contributed by atoms with Crippen LogP contribution in [0.3, 0.4) is 0 Å². The lowest BCUT2D eigenvalue weighted by molar-refractivity contribution is 0.569. The smallest absolute Gasteiger partial charge is 0.123 e. The quantitative estimate of drug-likeness (QED) is 0.892. The first kappa shape index (κ1) is 14.5. The molecule has 3 heteroatoms. The van der Waals surface area contributed by atoms with Crippen LogP contribution < -0.4 is 10.2 Å². The molecule has 1 unspecified atom stereocenters. The highest BCUT2D eigenvalue weighted by Crippen LogP contribution is 2.18. The van der Waals surface area contributed by atoms with Gasteiger partial charge in [-0.15, -0.1) is 0 Å². The Hall–Kier alpha value is -1.87. The third-order valence-corrected chi connectivity index (χ3v) is 3.41. The van der Waals surface area contributed by atoms with Crippen LogP contribution in [0.25, 0.3) is 0 Å². The van der Waals surface area contributed by atoms with E-state index in [-0.39, 0.29) is 11.9 Å². The molecule has 2 nitrogen and oxygen atoms in total. The van der Waals surface area contributed by atoms with Gasteiger partial charge in [0.05, 0.1) is 0 Å². The second-order valence-electron chi connectivity index (χ2n) is 5.22. The van der Waals surface area contributed by atoms with Gasteiger partial charge in [0.15, 0.2) is 0 Å². The van der Waals surface area contributed by atoms with E-state index in [1.165, 1.54) is 17.3 Å². The summed E-state index contributed by atoms with van der Waals surface area (Å²) >= 11 is 0. The van der Waals surface area contributed by atoms with Crippen molar-refractivity contribution in [1.82, 2.24) is 5.32 Å². The number of hydrogen-bond donors (Lipinski definition) is 1. The van der Waals surface area contributed by atoms with Crippen molar-refractivity contribution in [2.75, 3.05) is 19.0 Å². The Morgan fingerprint density at radius 2 is 1.80 bits per heavy atom. The van der Waals surface area contributed by atoms with Gasteiger partial charge in [0.2, 0.25) is 0 Å². The Bertz CT molecular complexity index is 549. The van der Waals surface area contributed by atoms with E-state index in [1.54, 1.807) is 12.1 Å². The molecule has 0 aliphatic carbocycles.